The zero-order valence-electron chi connectivity index (χ0n) is 26.2. The van der Waals surface area contributed by atoms with E-state index in [1.807, 2.05) is 6.92 Å². The summed E-state index contributed by atoms with van der Waals surface area (Å²) in [5.41, 5.74) is 5.37. The molecule has 5 rings (SSSR count). The minimum absolute atomic E-state index is 0.0162. The molecule has 1 aliphatic rings. The van der Waals surface area contributed by atoms with Crippen molar-refractivity contribution in [2.75, 3.05) is 5.73 Å². The monoisotopic (exact) mass is 653 g/mol. The van der Waals surface area contributed by atoms with Gasteiger partial charge in [-0.15, -0.1) is 0 Å². The molecule has 2 N–H and O–H groups in total. The number of hydrogen-bond donors (Lipinski definition) is 1. The van der Waals surface area contributed by atoms with Crippen molar-refractivity contribution >= 4 is 29.5 Å². The van der Waals surface area contributed by atoms with Crippen LogP contribution in [-0.2, 0) is 23.7 Å². The molecule has 2 heterocycles. The van der Waals surface area contributed by atoms with E-state index in [0.717, 1.165) is 17.4 Å². The molecule has 248 valence electrons. The summed E-state index contributed by atoms with van der Waals surface area (Å²) >= 11 is 0. The van der Waals surface area contributed by atoms with Crippen molar-refractivity contribution < 1.29 is 38.1 Å². The van der Waals surface area contributed by atoms with Gasteiger partial charge in [0.15, 0.2) is 30.3 Å². The van der Waals surface area contributed by atoms with E-state index in [9.17, 15) is 24.0 Å². The van der Waals surface area contributed by atoms with E-state index in [-0.39, 0.29) is 28.9 Å². The van der Waals surface area contributed by atoms with E-state index in [1.54, 1.807) is 54.6 Å². The molecule has 4 aromatic rings. The van der Waals surface area contributed by atoms with Gasteiger partial charge in [0, 0.05) is 12.6 Å². The van der Waals surface area contributed by atoms with E-state index in [2.05, 4.69) is 4.98 Å². The number of anilines is 1. The van der Waals surface area contributed by atoms with Gasteiger partial charge in [-0.1, -0.05) is 74.4 Å². The van der Waals surface area contributed by atoms with Crippen molar-refractivity contribution in [1.29, 1.82) is 0 Å². The topological polar surface area (TPSA) is 166 Å². The summed E-state index contributed by atoms with van der Waals surface area (Å²) < 4.78 is 25.1. The van der Waals surface area contributed by atoms with E-state index < -0.39 is 60.0 Å². The van der Waals surface area contributed by atoms with Crippen molar-refractivity contribution in [2.24, 2.45) is 0 Å². The molecule has 5 atom stereocenters. The van der Waals surface area contributed by atoms with Crippen molar-refractivity contribution in [1.82, 2.24) is 9.55 Å². The number of nitrogens with two attached hydrogens (primary N) is 1. The standard InChI is InChI=1S/C36H35N3O9/c1-2-3-7-20-26(40)28(46-33(41)23-14-8-4-9-15-23)29-30(47-34(42)24-16-10-5-11-17-24)31(48-35(43)25-18-12-6-13-19-25)32(45-29)39-22-21-27(37)38-36(39)44/h4-6,8-19,21-22,28-32H,2-3,7,20H2,1H3,(H2,37,38,44)/t28?,29-,30-,31-,32-/m1/s1. The van der Waals surface area contributed by atoms with Gasteiger partial charge in [-0.05, 0) is 48.9 Å². The average Bonchev–Trinajstić information content (AvgIpc) is 3.44. The zero-order chi connectivity index (χ0) is 34.0. The molecule has 1 unspecified atom stereocenters. The fourth-order valence-electron chi connectivity index (χ4n) is 5.31. The van der Waals surface area contributed by atoms with Gasteiger partial charge in [-0.3, -0.25) is 9.36 Å². The smallest absolute Gasteiger partial charge is 0.351 e. The molecule has 1 aromatic heterocycles. The van der Waals surface area contributed by atoms with Gasteiger partial charge < -0.3 is 24.7 Å². The molecule has 3 aromatic carbocycles. The van der Waals surface area contributed by atoms with Crippen LogP contribution in [-0.4, -0.2) is 57.7 Å². The molecule has 0 spiro atoms. The van der Waals surface area contributed by atoms with Crippen LogP contribution in [0.25, 0.3) is 0 Å². The maximum atomic E-state index is 13.9. The fraction of sp³-hybridized carbons (Fsp3) is 0.278. The summed E-state index contributed by atoms with van der Waals surface area (Å²) in [7, 11) is 0. The molecule has 1 saturated heterocycles. The van der Waals surface area contributed by atoms with Gasteiger partial charge in [0.2, 0.25) is 0 Å². The highest BCUT2D eigenvalue weighted by atomic mass is 16.7. The number of Topliss-reactive ketones (excluding diaryl/α,β-unsaturated/α-hetero) is 1. The Labute approximate surface area is 276 Å². The van der Waals surface area contributed by atoms with Crippen LogP contribution in [0.5, 0.6) is 0 Å². The summed E-state index contributed by atoms with van der Waals surface area (Å²) in [6, 6.07) is 25.4. The summed E-state index contributed by atoms with van der Waals surface area (Å²) in [4.78, 5) is 71.2. The summed E-state index contributed by atoms with van der Waals surface area (Å²) in [5, 5.41) is 0. The van der Waals surface area contributed by atoms with E-state index in [0.29, 0.717) is 6.42 Å². The van der Waals surface area contributed by atoms with Crippen LogP contribution >= 0.6 is 0 Å². The SMILES string of the molecule is CCCCCC(=O)C(OC(=O)c1ccccc1)[C@H]1O[C@@H](n2ccc(N)nc2=O)[C@H](OC(=O)c2ccccc2)[C@@H]1OC(=O)c1ccccc1. The Kier molecular flexibility index (Phi) is 11.1. The summed E-state index contributed by atoms with van der Waals surface area (Å²) in [6.07, 6.45) is -4.31. The number of carbonyl (C=O) groups is 4. The average molecular weight is 654 g/mol. The van der Waals surface area contributed by atoms with Gasteiger partial charge >= 0.3 is 23.6 Å². The summed E-state index contributed by atoms with van der Waals surface area (Å²) in [5.74, 6) is -3.05. The van der Waals surface area contributed by atoms with Crippen LogP contribution in [0.1, 0.15) is 69.9 Å². The Bertz CT molecular complexity index is 1780. The number of hydrogen-bond acceptors (Lipinski definition) is 11. The first-order chi connectivity index (χ1) is 23.3. The Hall–Kier alpha value is -5.62. The minimum atomic E-state index is -1.62. The van der Waals surface area contributed by atoms with E-state index in [1.165, 1.54) is 48.7 Å². The van der Waals surface area contributed by atoms with Crippen molar-refractivity contribution in [3.05, 3.63) is 130 Å². The number of nitrogen functional groups attached to an aromatic ring is 1. The Balaban J connectivity index is 1.61. The van der Waals surface area contributed by atoms with Crippen LogP contribution < -0.4 is 11.4 Å². The predicted octanol–water partition coefficient (Wildman–Crippen LogP) is 4.55. The van der Waals surface area contributed by atoms with Crippen LogP contribution in [0.3, 0.4) is 0 Å². The Morgan fingerprint density at radius 2 is 1.29 bits per heavy atom. The molecular weight excluding hydrogens is 618 g/mol. The quantitative estimate of drug-likeness (QED) is 0.122. The lowest BCUT2D eigenvalue weighted by Gasteiger charge is -2.28. The van der Waals surface area contributed by atoms with Gasteiger partial charge in [0.1, 0.15) is 11.9 Å². The number of esters is 3. The molecular formula is C36H35N3O9. The first kappa shape index (κ1) is 33.7. The third-order valence-corrected chi connectivity index (χ3v) is 7.74. The minimum Gasteiger partial charge on any atom is -0.452 e. The predicted molar refractivity (Wildman–Crippen MR) is 173 cm³/mol. The van der Waals surface area contributed by atoms with Gasteiger partial charge in [-0.2, -0.15) is 4.98 Å². The Morgan fingerprint density at radius 1 is 0.771 bits per heavy atom. The molecule has 0 radical (unpaired) electrons. The summed E-state index contributed by atoms with van der Waals surface area (Å²) in [6.45, 7) is 1.98. The van der Waals surface area contributed by atoms with Crippen LogP contribution in [0.2, 0.25) is 0 Å². The largest absolute Gasteiger partial charge is 0.452 e. The number of nitrogens with zero attached hydrogens (tertiary/aromatic N) is 2. The molecule has 48 heavy (non-hydrogen) atoms. The van der Waals surface area contributed by atoms with Crippen LogP contribution in [0.15, 0.2) is 108 Å². The maximum Gasteiger partial charge on any atom is 0.351 e. The molecule has 0 aliphatic carbocycles. The van der Waals surface area contributed by atoms with Gasteiger partial charge in [0.25, 0.3) is 0 Å². The molecule has 0 saturated carbocycles. The maximum absolute atomic E-state index is 13.9. The first-order valence-corrected chi connectivity index (χ1v) is 15.6. The molecule has 0 amide bonds. The molecule has 12 nitrogen and oxygen atoms in total. The highest BCUT2D eigenvalue weighted by Gasteiger charge is 2.56. The third-order valence-electron chi connectivity index (χ3n) is 7.74. The third kappa shape index (κ3) is 8.02. The normalized spacial score (nSPS) is 19.2. The molecule has 1 fully saturated rings. The highest BCUT2D eigenvalue weighted by molar-refractivity contribution is 5.93. The number of carbonyl (C=O) groups excluding carboxylic acids is 4. The molecule has 0 bridgehead atoms. The van der Waals surface area contributed by atoms with Crippen LogP contribution in [0.4, 0.5) is 5.82 Å². The van der Waals surface area contributed by atoms with E-state index >= 15 is 0 Å². The first-order valence-electron chi connectivity index (χ1n) is 15.6. The number of aromatic nitrogens is 2. The van der Waals surface area contributed by atoms with Crippen molar-refractivity contribution in [3.63, 3.8) is 0 Å². The molecule has 1 aliphatic heterocycles. The second kappa shape index (κ2) is 15.8. The van der Waals surface area contributed by atoms with E-state index in [4.69, 9.17) is 24.7 Å². The number of ketones is 1. The number of rotatable bonds is 13. The zero-order valence-corrected chi connectivity index (χ0v) is 26.2. The van der Waals surface area contributed by atoms with Crippen LogP contribution in [0, 0.1) is 0 Å². The number of unbranched alkanes of at least 4 members (excludes halogenated alkanes) is 2. The number of ether oxygens (including phenoxy) is 4. The lowest BCUT2D eigenvalue weighted by atomic mass is 9.98. The second-order valence-electron chi connectivity index (χ2n) is 11.1. The van der Waals surface area contributed by atoms with Gasteiger partial charge in [0.05, 0.1) is 16.7 Å². The lowest BCUT2D eigenvalue weighted by Crippen LogP contribution is -2.48. The lowest BCUT2D eigenvalue weighted by molar-refractivity contribution is -0.143. The van der Waals surface area contributed by atoms with Crippen molar-refractivity contribution in [2.45, 2.75) is 63.3 Å². The number of benzene rings is 3. The molecule has 12 heteroatoms. The Morgan fingerprint density at radius 3 is 1.81 bits per heavy atom. The fourth-order valence-corrected chi connectivity index (χ4v) is 5.31. The van der Waals surface area contributed by atoms with Gasteiger partial charge in [-0.25, -0.2) is 19.2 Å². The van der Waals surface area contributed by atoms with Crippen molar-refractivity contribution in [3.8, 4) is 0 Å². The second-order valence-corrected chi connectivity index (χ2v) is 11.1. The highest BCUT2D eigenvalue weighted by Crippen LogP contribution is 2.37.